The second-order valence-corrected chi connectivity index (χ2v) is 6.22. The van der Waals surface area contributed by atoms with Crippen molar-refractivity contribution in [2.24, 2.45) is 5.92 Å². The van der Waals surface area contributed by atoms with E-state index in [0.717, 1.165) is 0 Å². The first-order chi connectivity index (χ1) is 12.5. The normalized spacial score (nSPS) is 19.9. The van der Waals surface area contributed by atoms with Crippen LogP contribution in [0.15, 0.2) is 6.33 Å². The van der Waals surface area contributed by atoms with Crippen LogP contribution in [0.2, 0.25) is 0 Å². The van der Waals surface area contributed by atoms with Crippen molar-refractivity contribution in [1.29, 1.82) is 10.7 Å². The van der Waals surface area contributed by atoms with E-state index in [1.54, 1.807) is 16.8 Å². The molecule has 0 saturated carbocycles. The second kappa shape index (κ2) is 6.87. The van der Waals surface area contributed by atoms with Crippen molar-refractivity contribution < 1.29 is 15.0 Å². The Morgan fingerprint density at radius 1 is 1.58 bits per heavy atom. The van der Waals surface area contributed by atoms with Gasteiger partial charge in [-0.15, -0.1) is 0 Å². The van der Waals surface area contributed by atoms with E-state index in [1.807, 2.05) is 6.07 Å². The van der Waals surface area contributed by atoms with Gasteiger partial charge in [0.2, 0.25) is 11.8 Å². The minimum absolute atomic E-state index is 0.120. The van der Waals surface area contributed by atoms with E-state index in [2.05, 4.69) is 15.0 Å². The summed E-state index contributed by atoms with van der Waals surface area (Å²) in [6.07, 6.45) is 3.06. The number of nitriles is 1. The molecule has 0 radical (unpaired) electrons. The molecule has 1 saturated heterocycles. The molecule has 136 valence electrons. The average molecular weight is 357 g/mol. The number of amides is 1. The van der Waals surface area contributed by atoms with Gasteiger partial charge in [0.1, 0.15) is 29.6 Å². The highest BCUT2D eigenvalue weighted by Crippen LogP contribution is 2.38. The Balaban J connectivity index is 1.96. The van der Waals surface area contributed by atoms with Crippen molar-refractivity contribution in [3.05, 3.63) is 6.33 Å². The summed E-state index contributed by atoms with van der Waals surface area (Å²) in [5.74, 6) is -0.721. The van der Waals surface area contributed by atoms with Crippen LogP contribution in [0.4, 0.5) is 5.82 Å². The Hall–Kier alpha value is -3.35. The first-order valence-corrected chi connectivity index (χ1v) is 8.10. The smallest absolute Gasteiger partial charge is 0.236 e. The topological polar surface area (TPSA) is 153 Å². The molecule has 4 N–H and O–H groups in total. The third kappa shape index (κ3) is 2.88. The minimum atomic E-state index is -0.395. The fourth-order valence-electron chi connectivity index (χ4n) is 3.36. The van der Waals surface area contributed by atoms with Crippen molar-refractivity contribution in [1.82, 2.24) is 19.9 Å². The summed E-state index contributed by atoms with van der Waals surface area (Å²) in [5, 5.41) is 36.6. The third-order valence-electron chi connectivity index (χ3n) is 4.79. The maximum atomic E-state index is 12.1. The summed E-state index contributed by atoms with van der Waals surface area (Å²) in [6, 6.07) is 1.60. The molecule has 1 amide bonds. The number of aromatic hydroxyl groups is 2. The predicted octanol–water partition coefficient (Wildman–Crippen LogP) is 0.586. The van der Waals surface area contributed by atoms with E-state index < -0.39 is 5.88 Å². The van der Waals surface area contributed by atoms with Crippen LogP contribution in [-0.4, -0.2) is 68.4 Å². The second-order valence-electron chi connectivity index (χ2n) is 6.22. The maximum absolute atomic E-state index is 12.1. The summed E-state index contributed by atoms with van der Waals surface area (Å²) in [5.41, 5.74) is 0.288. The van der Waals surface area contributed by atoms with Gasteiger partial charge in [0.15, 0.2) is 5.75 Å². The molecule has 10 nitrogen and oxygen atoms in total. The number of rotatable bonds is 4. The van der Waals surface area contributed by atoms with Gasteiger partial charge in [0.05, 0.1) is 12.1 Å². The molecule has 2 unspecified atom stereocenters. The van der Waals surface area contributed by atoms with E-state index in [1.165, 1.54) is 12.5 Å². The molecule has 3 heterocycles. The lowest BCUT2D eigenvalue weighted by atomic mass is 9.91. The van der Waals surface area contributed by atoms with Gasteiger partial charge in [-0.25, -0.2) is 9.97 Å². The van der Waals surface area contributed by atoms with E-state index in [-0.39, 0.29) is 41.1 Å². The molecular formula is C16H19N7O3. The van der Waals surface area contributed by atoms with Gasteiger partial charge in [-0.3, -0.25) is 4.79 Å². The van der Waals surface area contributed by atoms with Crippen LogP contribution >= 0.6 is 0 Å². The van der Waals surface area contributed by atoms with Crippen LogP contribution in [0.25, 0.3) is 11.0 Å². The quantitative estimate of drug-likeness (QED) is 0.584. The fraction of sp³-hybridized carbons (Fsp3) is 0.438. The van der Waals surface area contributed by atoms with Crippen LogP contribution in [-0.2, 0) is 4.79 Å². The number of carbonyl (C=O) groups excluding carboxylic acids is 1. The molecule has 3 rings (SSSR count). The van der Waals surface area contributed by atoms with Crippen molar-refractivity contribution in [3.8, 4) is 17.7 Å². The summed E-state index contributed by atoms with van der Waals surface area (Å²) >= 11 is 0. The zero-order valence-corrected chi connectivity index (χ0v) is 14.2. The summed E-state index contributed by atoms with van der Waals surface area (Å²) in [4.78, 5) is 26.3. The molecule has 2 atom stereocenters. The highest BCUT2D eigenvalue weighted by molar-refractivity contribution is 5.95. The number of hydrogen-bond acceptors (Lipinski definition) is 8. The number of hydrogen-bond donors (Lipinski definition) is 4. The van der Waals surface area contributed by atoms with Gasteiger partial charge in [-0.05, 0) is 6.42 Å². The van der Waals surface area contributed by atoms with E-state index in [4.69, 9.17) is 10.7 Å². The first-order valence-electron chi connectivity index (χ1n) is 8.10. The molecule has 1 aliphatic heterocycles. The summed E-state index contributed by atoms with van der Waals surface area (Å²) in [6.45, 7) is 0.819. The van der Waals surface area contributed by atoms with Crippen molar-refractivity contribution in [2.45, 2.75) is 18.9 Å². The molecule has 1 fully saturated rings. The molecule has 2 aromatic rings. The number of nitrogens with one attached hydrogen (secondary N) is 2. The number of fused-ring (bicyclic) bond motifs is 1. The summed E-state index contributed by atoms with van der Waals surface area (Å²) in [7, 11) is 1.75. The highest BCUT2D eigenvalue weighted by Gasteiger charge is 2.34. The van der Waals surface area contributed by atoms with Crippen molar-refractivity contribution in [3.63, 3.8) is 0 Å². The monoisotopic (exact) mass is 357 g/mol. The fourth-order valence-corrected chi connectivity index (χ4v) is 3.36. The summed E-state index contributed by atoms with van der Waals surface area (Å²) < 4.78 is 0. The van der Waals surface area contributed by atoms with Gasteiger partial charge < -0.3 is 30.4 Å². The maximum Gasteiger partial charge on any atom is 0.236 e. The zero-order chi connectivity index (χ0) is 18.8. The number of likely N-dealkylation sites (N-methyl/N-ethyl adjacent to an activating group) is 1. The lowest BCUT2D eigenvalue weighted by Gasteiger charge is -2.41. The number of aromatic nitrogens is 3. The van der Waals surface area contributed by atoms with Crippen molar-refractivity contribution >= 4 is 29.0 Å². The van der Waals surface area contributed by atoms with Gasteiger partial charge in [-0.1, -0.05) is 0 Å². The Morgan fingerprint density at radius 3 is 3.04 bits per heavy atom. The Labute approximate surface area is 149 Å². The van der Waals surface area contributed by atoms with Crippen LogP contribution in [0.1, 0.15) is 12.8 Å². The molecule has 1 aliphatic rings. The number of aromatic amines is 1. The first kappa shape index (κ1) is 17.5. The van der Waals surface area contributed by atoms with Crippen LogP contribution in [0.5, 0.6) is 11.6 Å². The van der Waals surface area contributed by atoms with E-state index in [9.17, 15) is 15.0 Å². The molecule has 0 aliphatic carbocycles. The lowest BCUT2D eigenvalue weighted by molar-refractivity contribution is -0.131. The van der Waals surface area contributed by atoms with E-state index in [0.29, 0.717) is 25.3 Å². The van der Waals surface area contributed by atoms with Crippen LogP contribution in [0, 0.1) is 22.7 Å². The number of piperidine rings is 1. The number of carbonyl (C=O) groups is 1. The predicted molar refractivity (Wildman–Crippen MR) is 93.1 cm³/mol. The number of nitrogens with zero attached hydrogens (tertiary/aromatic N) is 5. The van der Waals surface area contributed by atoms with Crippen LogP contribution in [0.3, 0.4) is 0 Å². The molecule has 0 aromatic carbocycles. The zero-order valence-electron chi connectivity index (χ0n) is 14.2. The molecule has 0 bridgehead atoms. The van der Waals surface area contributed by atoms with Crippen LogP contribution < -0.4 is 4.90 Å². The number of likely N-dealkylation sites (tertiary alicyclic amines) is 1. The Kier molecular flexibility index (Phi) is 4.62. The van der Waals surface area contributed by atoms with Gasteiger partial charge in [0.25, 0.3) is 0 Å². The minimum Gasteiger partial charge on any atom is -0.503 e. The Morgan fingerprint density at radius 2 is 2.35 bits per heavy atom. The number of anilines is 1. The van der Waals surface area contributed by atoms with E-state index >= 15 is 0 Å². The molecular weight excluding hydrogens is 338 g/mol. The molecule has 2 aromatic heterocycles. The molecule has 10 heteroatoms. The third-order valence-corrected chi connectivity index (χ3v) is 4.79. The average Bonchev–Trinajstić information content (AvgIpc) is 2.95. The molecule has 26 heavy (non-hydrogen) atoms. The SMILES string of the molecule is CN(c1ncnc2[nH]c(O)c(O)c12)C1CN(C(=O)CC#N)CCC1C=N. The standard InChI is InChI=1S/C16H19N7O3/c1-22(15-12-13(25)16(26)21-14(12)19-8-20-15)10-7-23(11(24)2-4-17)5-3-9(10)6-18/h6,8-10,18,25-26H,2-3,5,7H2,1H3,(H,19,20,21). The largest absolute Gasteiger partial charge is 0.503 e. The lowest BCUT2D eigenvalue weighted by Crippen LogP contribution is -2.54. The Bertz CT molecular complexity index is 888. The van der Waals surface area contributed by atoms with Gasteiger partial charge in [0, 0.05) is 32.3 Å². The molecule has 0 spiro atoms. The number of H-pyrrole nitrogens is 1. The highest BCUT2D eigenvalue weighted by atomic mass is 16.3. The van der Waals surface area contributed by atoms with Gasteiger partial charge >= 0.3 is 0 Å². The van der Waals surface area contributed by atoms with Crippen molar-refractivity contribution in [2.75, 3.05) is 25.0 Å². The van der Waals surface area contributed by atoms with Gasteiger partial charge in [-0.2, -0.15) is 5.26 Å².